The fourth-order valence-electron chi connectivity index (χ4n) is 1.10. The van der Waals surface area contributed by atoms with E-state index in [2.05, 4.69) is 0 Å². The number of rotatable bonds is 6. The van der Waals surface area contributed by atoms with Crippen molar-refractivity contribution in [1.29, 1.82) is 0 Å². The Kier molecular flexibility index (Phi) is 5.30. The molecule has 0 aliphatic rings. The lowest BCUT2D eigenvalue weighted by molar-refractivity contribution is -0.140. The van der Waals surface area contributed by atoms with E-state index >= 15 is 0 Å². The first-order valence-electron chi connectivity index (χ1n) is 4.50. The molecule has 0 aliphatic carbocycles. The topological polar surface area (TPSA) is 80.4 Å². The molecular formula is C9H17NO3. The van der Waals surface area contributed by atoms with Gasteiger partial charge in [0, 0.05) is 12.3 Å². The minimum absolute atomic E-state index is 0.0586. The van der Waals surface area contributed by atoms with Crippen LogP contribution in [0.25, 0.3) is 0 Å². The van der Waals surface area contributed by atoms with E-state index in [1.807, 2.05) is 6.92 Å². The summed E-state index contributed by atoms with van der Waals surface area (Å²) in [6.07, 6.45) is 1.66. The summed E-state index contributed by atoms with van der Waals surface area (Å²) in [7, 11) is 0. The number of carboxylic acid groups (broad SMARTS) is 1. The molecule has 0 heterocycles. The number of carbonyl (C=O) groups is 2. The standard InChI is InChI=1S/C9H17NO3/c1-3-4-6(2)8(11)5-7(10)9(12)13/h6-7H,3-5,10H2,1-2H3,(H,12,13)/t6?,7-/m1/s1. The molecule has 0 bridgehead atoms. The zero-order chi connectivity index (χ0) is 10.4. The van der Waals surface area contributed by atoms with Crippen molar-refractivity contribution in [3.8, 4) is 0 Å². The smallest absolute Gasteiger partial charge is 0.320 e. The van der Waals surface area contributed by atoms with Gasteiger partial charge in [-0.3, -0.25) is 9.59 Å². The Bertz CT molecular complexity index is 191. The Hall–Kier alpha value is -0.900. The molecule has 13 heavy (non-hydrogen) atoms. The predicted octanol–water partition coefficient (Wildman–Crippen LogP) is 0.794. The molecule has 4 nitrogen and oxygen atoms in total. The molecule has 0 aromatic carbocycles. The van der Waals surface area contributed by atoms with Gasteiger partial charge in [-0.1, -0.05) is 20.3 Å². The van der Waals surface area contributed by atoms with Crippen LogP contribution < -0.4 is 5.73 Å². The summed E-state index contributed by atoms with van der Waals surface area (Å²) in [6, 6.07) is -1.05. The van der Waals surface area contributed by atoms with E-state index < -0.39 is 12.0 Å². The SMILES string of the molecule is CCCC(C)C(=O)C[C@@H](N)C(=O)O. The second-order valence-electron chi connectivity index (χ2n) is 3.30. The van der Waals surface area contributed by atoms with Gasteiger partial charge in [-0.2, -0.15) is 0 Å². The maximum Gasteiger partial charge on any atom is 0.320 e. The fraction of sp³-hybridized carbons (Fsp3) is 0.778. The van der Waals surface area contributed by atoms with E-state index in [1.165, 1.54) is 0 Å². The van der Waals surface area contributed by atoms with Gasteiger partial charge in [-0.05, 0) is 6.42 Å². The molecule has 0 aromatic heterocycles. The molecule has 0 rings (SSSR count). The summed E-state index contributed by atoms with van der Waals surface area (Å²) in [4.78, 5) is 21.6. The number of hydrogen-bond donors (Lipinski definition) is 2. The van der Waals surface area contributed by atoms with Crippen LogP contribution in [0.1, 0.15) is 33.1 Å². The number of carbonyl (C=O) groups excluding carboxylic acids is 1. The van der Waals surface area contributed by atoms with Crippen molar-refractivity contribution in [2.45, 2.75) is 39.2 Å². The average molecular weight is 187 g/mol. The van der Waals surface area contributed by atoms with Gasteiger partial charge in [0.1, 0.15) is 11.8 Å². The lowest BCUT2D eigenvalue weighted by Gasteiger charge is -2.10. The van der Waals surface area contributed by atoms with Gasteiger partial charge < -0.3 is 10.8 Å². The molecule has 0 saturated carbocycles. The highest BCUT2D eigenvalue weighted by Gasteiger charge is 2.19. The molecule has 0 spiro atoms. The van der Waals surface area contributed by atoms with Crippen LogP contribution in [0.15, 0.2) is 0 Å². The van der Waals surface area contributed by atoms with Crippen LogP contribution in [0, 0.1) is 5.92 Å². The molecule has 0 radical (unpaired) electrons. The summed E-state index contributed by atoms with van der Waals surface area (Å²) in [5, 5.41) is 8.47. The van der Waals surface area contributed by atoms with Gasteiger partial charge in [-0.25, -0.2) is 0 Å². The summed E-state index contributed by atoms with van der Waals surface area (Å²) < 4.78 is 0. The van der Waals surface area contributed by atoms with Crippen LogP contribution in [-0.2, 0) is 9.59 Å². The van der Waals surface area contributed by atoms with Gasteiger partial charge in [0.2, 0.25) is 0 Å². The molecule has 0 aliphatic heterocycles. The average Bonchev–Trinajstić information content (AvgIpc) is 2.04. The molecule has 0 saturated heterocycles. The van der Waals surface area contributed by atoms with Crippen molar-refractivity contribution >= 4 is 11.8 Å². The zero-order valence-corrected chi connectivity index (χ0v) is 8.12. The number of aliphatic carboxylic acids is 1. The number of carboxylic acids is 1. The lowest BCUT2D eigenvalue weighted by Crippen LogP contribution is -2.34. The molecule has 76 valence electrons. The lowest BCUT2D eigenvalue weighted by atomic mass is 9.96. The van der Waals surface area contributed by atoms with Crippen LogP contribution in [0.5, 0.6) is 0 Å². The number of Topliss-reactive ketones (excluding diaryl/α,β-unsaturated/α-hetero) is 1. The van der Waals surface area contributed by atoms with Crippen LogP contribution in [0.2, 0.25) is 0 Å². The van der Waals surface area contributed by atoms with E-state index in [9.17, 15) is 9.59 Å². The van der Waals surface area contributed by atoms with Crippen LogP contribution in [0.4, 0.5) is 0 Å². The predicted molar refractivity (Wildman–Crippen MR) is 49.3 cm³/mol. The van der Waals surface area contributed by atoms with Crippen LogP contribution >= 0.6 is 0 Å². The van der Waals surface area contributed by atoms with E-state index in [0.717, 1.165) is 12.8 Å². The highest BCUT2D eigenvalue weighted by molar-refractivity contribution is 5.86. The highest BCUT2D eigenvalue weighted by Crippen LogP contribution is 2.09. The van der Waals surface area contributed by atoms with Crippen molar-refractivity contribution in [2.24, 2.45) is 11.7 Å². The van der Waals surface area contributed by atoms with E-state index in [1.54, 1.807) is 6.92 Å². The maximum absolute atomic E-state index is 11.3. The van der Waals surface area contributed by atoms with E-state index in [0.29, 0.717) is 0 Å². The van der Waals surface area contributed by atoms with E-state index in [4.69, 9.17) is 10.8 Å². The minimum atomic E-state index is -1.11. The van der Waals surface area contributed by atoms with Crippen LogP contribution in [0.3, 0.4) is 0 Å². The monoisotopic (exact) mass is 187 g/mol. The minimum Gasteiger partial charge on any atom is -0.480 e. The van der Waals surface area contributed by atoms with Crippen molar-refractivity contribution in [1.82, 2.24) is 0 Å². The second kappa shape index (κ2) is 5.70. The van der Waals surface area contributed by atoms with Crippen LogP contribution in [-0.4, -0.2) is 22.9 Å². The Morgan fingerprint density at radius 3 is 2.38 bits per heavy atom. The van der Waals surface area contributed by atoms with Gasteiger partial charge >= 0.3 is 5.97 Å². The van der Waals surface area contributed by atoms with Gasteiger partial charge in [0.05, 0.1) is 0 Å². The molecule has 2 atom stereocenters. The first-order valence-corrected chi connectivity index (χ1v) is 4.50. The third-order valence-electron chi connectivity index (χ3n) is 2.01. The molecule has 0 amide bonds. The summed E-state index contributed by atoms with van der Waals surface area (Å²) in [5.41, 5.74) is 5.23. The maximum atomic E-state index is 11.3. The Labute approximate surface area is 78.1 Å². The quantitative estimate of drug-likeness (QED) is 0.644. The van der Waals surface area contributed by atoms with Gasteiger partial charge in [0.15, 0.2) is 0 Å². The summed E-state index contributed by atoms with van der Waals surface area (Å²) in [6.45, 7) is 3.79. The second-order valence-corrected chi connectivity index (χ2v) is 3.30. The summed E-state index contributed by atoms with van der Waals surface area (Å²) >= 11 is 0. The third-order valence-corrected chi connectivity index (χ3v) is 2.01. The fourth-order valence-corrected chi connectivity index (χ4v) is 1.10. The Morgan fingerprint density at radius 1 is 1.46 bits per heavy atom. The van der Waals surface area contributed by atoms with Crippen molar-refractivity contribution in [3.63, 3.8) is 0 Å². The number of ketones is 1. The molecule has 0 aromatic rings. The third kappa shape index (κ3) is 4.62. The summed E-state index contributed by atoms with van der Waals surface area (Å²) in [5.74, 6) is -1.25. The van der Waals surface area contributed by atoms with Crippen molar-refractivity contribution in [2.75, 3.05) is 0 Å². The first-order chi connectivity index (χ1) is 5.99. The molecule has 1 unspecified atom stereocenters. The Morgan fingerprint density at radius 2 is 2.00 bits per heavy atom. The molecule has 4 heteroatoms. The molecule has 0 fully saturated rings. The van der Waals surface area contributed by atoms with E-state index in [-0.39, 0.29) is 18.1 Å². The molecular weight excluding hydrogens is 170 g/mol. The van der Waals surface area contributed by atoms with Crippen molar-refractivity contribution < 1.29 is 14.7 Å². The Balaban J connectivity index is 3.92. The highest BCUT2D eigenvalue weighted by atomic mass is 16.4. The normalized spacial score (nSPS) is 15.0. The largest absolute Gasteiger partial charge is 0.480 e. The molecule has 3 N–H and O–H groups in total. The first kappa shape index (κ1) is 12.1. The van der Waals surface area contributed by atoms with Gasteiger partial charge in [-0.15, -0.1) is 0 Å². The number of hydrogen-bond acceptors (Lipinski definition) is 3. The number of nitrogens with two attached hydrogens (primary N) is 1. The van der Waals surface area contributed by atoms with Gasteiger partial charge in [0.25, 0.3) is 0 Å². The zero-order valence-electron chi connectivity index (χ0n) is 8.12. The van der Waals surface area contributed by atoms with Crippen molar-refractivity contribution in [3.05, 3.63) is 0 Å².